The molecule has 0 N–H and O–H groups in total. The minimum Gasteiger partial charge on any atom is -0.373 e. The van der Waals surface area contributed by atoms with Gasteiger partial charge < -0.3 is 9.80 Å². The van der Waals surface area contributed by atoms with E-state index in [9.17, 15) is 4.79 Å². The Kier molecular flexibility index (Phi) is 5.01. The molecule has 1 atom stereocenters. The molecular weight excluding hydrogens is 352 g/mol. The van der Waals surface area contributed by atoms with Crippen molar-refractivity contribution < 1.29 is 4.79 Å². The van der Waals surface area contributed by atoms with Gasteiger partial charge in [-0.15, -0.1) is 0 Å². The molecule has 120 valence electrons. The maximum Gasteiger partial charge on any atom is 0.254 e. The van der Waals surface area contributed by atoms with Gasteiger partial charge >= 0.3 is 0 Å². The topological polar surface area (TPSA) is 23.6 Å². The molecule has 1 aliphatic heterocycles. The first kappa shape index (κ1) is 16.1. The molecule has 0 bridgehead atoms. The monoisotopic (exact) mass is 372 g/mol. The SMILES string of the molecule is CN(C[C@H]1CCCN1C(=O)c1cccc(Br)c1)c1ccccc1. The van der Waals surface area contributed by atoms with Crippen LogP contribution in [-0.2, 0) is 0 Å². The number of hydrogen-bond acceptors (Lipinski definition) is 2. The highest BCUT2D eigenvalue weighted by atomic mass is 79.9. The molecule has 3 rings (SSSR count). The number of benzene rings is 2. The summed E-state index contributed by atoms with van der Waals surface area (Å²) in [5, 5.41) is 0. The Morgan fingerprint density at radius 1 is 1.22 bits per heavy atom. The van der Waals surface area contributed by atoms with E-state index in [0.29, 0.717) is 0 Å². The van der Waals surface area contributed by atoms with E-state index in [1.165, 1.54) is 5.69 Å². The summed E-state index contributed by atoms with van der Waals surface area (Å²) in [5.74, 6) is 0.135. The lowest BCUT2D eigenvalue weighted by Gasteiger charge is -2.30. The maximum absolute atomic E-state index is 12.8. The minimum absolute atomic E-state index is 0.135. The van der Waals surface area contributed by atoms with Gasteiger partial charge in [0.2, 0.25) is 0 Å². The lowest BCUT2D eigenvalue weighted by Crippen LogP contribution is -2.42. The molecule has 4 heteroatoms. The molecule has 0 radical (unpaired) electrons. The summed E-state index contributed by atoms with van der Waals surface area (Å²) in [4.78, 5) is 17.1. The summed E-state index contributed by atoms with van der Waals surface area (Å²) in [6.07, 6.45) is 2.14. The molecule has 1 saturated heterocycles. The Labute approximate surface area is 146 Å². The van der Waals surface area contributed by atoms with Gasteiger partial charge in [-0.3, -0.25) is 4.79 Å². The zero-order chi connectivity index (χ0) is 16.2. The fourth-order valence-electron chi connectivity index (χ4n) is 3.18. The number of carbonyl (C=O) groups is 1. The highest BCUT2D eigenvalue weighted by molar-refractivity contribution is 9.10. The molecule has 3 nitrogen and oxygen atoms in total. The van der Waals surface area contributed by atoms with Crippen LogP contribution in [0.15, 0.2) is 59.1 Å². The lowest BCUT2D eigenvalue weighted by atomic mass is 10.1. The average Bonchev–Trinajstić information content (AvgIpc) is 3.03. The van der Waals surface area contributed by atoms with Crippen LogP contribution in [-0.4, -0.2) is 37.0 Å². The summed E-state index contributed by atoms with van der Waals surface area (Å²) < 4.78 is 0.945. The molecule has 2 aromatic rings. The smallest absolute Gasteiger partial charge is 0.254 e. The van der Waals surface area contributed by atoms with Gasteiger partial charge in [-0.1, -0.05) is 40.2 Å². The zero-order valence-corrected chi connectivity index (χ0v) is 14.9. The normalized spacial score (nSPS) is 17.3. The number of likely N-dealkylation sites (tertiary alicyclic amines) is 1. The first-order valence-electron chi connectivity index (χ1n) is 7.98. The molecule has 1 aliphatic rings. The Balaban J connectivity index is 1.71. The third-order valence-corrected chi connectivity index (χ3v) is 4.88. The quantitative estimate of drug-likeness (QED) is 0.803. The van der Waals surface area contributed by atoms with E-state index in [1.54, 1.807) is 0 Å². The summed E-state index contributed by atoms with van der Waals surface area (Å²) in [7, 11) is 2.09. The molecular formula is C19H21BrN2O. The summed E-state index contributed by atoms with van der Waals surface area (Å²) >= 11 is 3.45. The van der Waals surface area contributed by atoms with Crippen molar-refractivity contribution in [3.63, 3.8) is 0 Å². The first-order valence-corrected chi connectivity index (χ1v) is 8.77. The summed E-state index contributed by atoms with van der Waals surface area (Å²) in [6.45, 7) is 1.71. The van der Waals surface area contributed by atoms with Gasteiger partial charge in [0.15, 0.2) is 0 Å². The van der Waals surface area contributed by atoms with Gasteiger partial charge in [0, 0.05) is 41.9 Å². The average molecular weight is 373 g/mol. The molecule has 0 aromatic heterocycles. The van der Waals surface area contributed by atoms with Crippen molar-refractivity contribution in [2.45, 2.75) is 18.9 Å². The van der Waals surface area contributed by atoms with Crippen molar-refractivity contribution >= 4 is 27.5 Å². The van der Waals surface area contributed by atoms with Crippen LogP contribution < -0.4 is 4.90 Å². The van der Waals surface area contributed by atoms with E-state index in [0.717, 1.165) is 36.0 Å². The number of anilines is 1. The van der Waals surface area contributed by atoms with Gasteiger partial charge in [-0.05, 0) is 43.2 Å². The standard InChI is InChI=1S/C19H21BrN2O/c1-21(17-9-3-2-4-10-17)14-18-11-6-12-22(18)19(23)15-7-5-8-16(20)13-15/h2-5,7-10,13,18H,6,11-12,14H2,1H3/t18-/m1/s1. The number of carbonyl (C=O) groups excluding carboxylic acids is 1. The third-order valence-electron chi connectivity index (χ3n) is 4.39. The van der Waals surface area contributed by atoms with Gasteiger partial charge in [-0.2, -0.15) is 0 Å². The highest BCUT2D eigenvalue weighted by Gasteiger charge is 2.30. The van der Waals surface area contributed by atoms with Crippen LogP contribution in [0.3, 0.4) is 0 Å². The number of hydrogen-bond donors (Lipinski definition) is 0. The van der Waals surface area contributed by atoms with E-state index >= 15 is 0 Å². The summed E-state index contributed by atoms with van der Waals surface area (Å²) in [5.41, 5.74) is 1.95. The number of rotatable bonds is 4. The lowest BCUT2D eigenvalue weighted by molar-refractivity contribution is 0.0740. The number of amides is 1. The first-order chi connectivity index (χ1) is 11.1. The van der Waals surface area contributed by atoms with Crippen molar-refractivity contribution in [3.8, 4) is 0 Å². The number of para-hydroxylation sites is 1. The van der Waals surface area contributed by atoms with Crippen molar-refractivity contribution in [1.82, 2.24) is 4.90 Å². The molecule has 0 saturated carbocycles. The van der Waals surface area contributed by atoms with Crippen LogP contribution in [0.5, 0.6) is 0 Å². The zero-order valence-electron chi connectivity index (χ0n) is 13.3. The van der Waals surface area contributed by atoms with Crippen LogP contribution in [0.1, 0.15) is 23.2 Å². The van der Waals surface area contributed by atoms with Gasteiger partial charge in [0.25, 0.3) is 5.91 Å². The number of halogens is 1. The molecule has 1 fully saturated rings. The largest absolute Gasteiger partial charge is 0.373 e. The van der Waals surface area contributed by atoms with Crippen LogP contribution >= 0.6 is 15.9 Å². The van der Waals surface area contributed by atoms with E-state index in [4.69, 9.17) is 0 Å². The predicted molar refractivity (Wildman–Crippen MR) is 97.9 cm³/mol. The predicted octanol–water partition coefficient (Wildman–Crippen LogP) is 4.19. The Bertz CT molecular complexity index is 674. The second kappa shape index (κ2) is 7.18. The second-order valence-electron chi connectivity index (χ2n) is 6.02. The van der Waals surface area contributed by atoms with E-state index < -0.39 is 0 Å². The highest BCUT2D eigenvalue weighted by Crippen LogP contribution is 2.23. The minimum atomic E-state index is 0.135. The van der Waals surface area contributed by atoms with Gasteiger partial charge in [0.05, 0.1) is 0 Å². The molecule has 0 aliphatic carbocycles. The van der Waals surface area contributed by atoms with Crippen molar-refractivity contribution in [2.75, 3.05) is 25.0 Å². The van der Waals surface area contributed by atoms with Gasteiger partial charge in [-0.25, -0.2) is 0 Å². The Morgan fingerprint density at radius 3 is 2.74 bits per heavy atom. The van der Waals surface area contributed by atoms with Crippen LogP contribution in [0.2, 0.25) is 0 Å². The Morgan fingerprint density at radius 2 is 2.00 bits per heavy atom. The molecule has 0 spiro atoms. The van der Waals surface area contributed by atoms with E-state index in [1.807, 2.05) is 47.4 Å². The van der Waals surface area contributed by atoms with E-state index in [-0.39, 0.29) is 11.9 Å². The molecule has 2 aromatic carbocycles. The van der Waals surface area contributed by atoms with Crippen LogP contribution in [0.25, 0.3) is 0 Å². The summed E-state index contributed by atoms with van der Waals surface area (Å²) in [6, 6.07) is 18.3. The fraction of sp³-hybridized carbons (Fsp3) is 0.316. The van der Waals surface area contributed by atoms with Crippen LogP contribution in [0, 0.1) is 0 Å². The van der Waals surface area contributed by atoms with Crippen LogP contribution in [0.4, 0.5) is 5.69 Å². The van der Waals surface area contributed by atoms with Crippen molar-refractivity contribution in [2.24, 2.45) is 0 Å². The van der Waals surface area contributed by atoms with Crippen molar-refractivity contribution in [3.05, 3.63) is 64.6 Å². The Hall–Kier alpha value is -1.81. The fourth-order valence-corrected chi connectivity index (χ4v) is 3.58. The number of likely N-dealkylation sites (N-methyl/N-ethyl adjacent to an activating group) is 1. The third kappa shape index (κ3) is 3.75. The second-order valence-corrected chi connectivity index (χ2v) is 6.94. The molecule has 0 unspecified atom stereocenters. The van der Waals surface area contributed by atoms with E-state index in [2.05, 4.69) is 40.0 Å². The van der Waals surface area contributed by atoms with Crippen molar-refractivity contribution in [1.29, 1.82) is 0 Å². The molecule has 1 heterocycles. The number of nitrogens with zero attached hydrogens (tertiary/aromatic N) is 2. The maximum atomic E-state index is 12.8. The molecule has 23 heavy (non-hydrogen) atoms. The van der Waals surface area contributed by atoms with Gasteiger partial charge in [0.1, 0.15) is 0 Å². The molecule has 1 amide bonds.